The van der Waals surface area contributed by atoms with Gasteiger partial charge in [-0.15, -0.1) is 0 Å². The van der Waals surface area contributed by atoms with Gasteiger partial charge in [0.05, 0.1) is 11.8 Å². The maximum Gasteiger partial charge on any atom is 0.0762 e. The molecule has 1 aliphatic carbocycles. The SMILES string of the molecule is CC1CCCCC1N(C)c1ccc([C@H](C)O)cc1Br. The topological polar surface area (TPSA) is 23.5 Å². The molecule has 0 aromatic heterocycles. The maximum atomic E-state index is 9.63. The van der Waals surface area contributed by atoms with E-state index in [1.165, 1.54) is 31.4 Å². The lowest BCUT2D eigenvalue weighted by molar-refractivity contribution is 0.199. The van der Waals surface area contributed by atoms with Crippen LogP contribution in [0.25, 0.3) is 0 Å². The molecule has 2 nitrogen and oxygen atoms in total. The monoisotopic (exact) mass is 325 g/mol. The van der Waals surface area contributed by atoms with Crippen LogP contribution in [-0.2, 0) is 0 Å². The molecule has 1 saturated carbocycles. The Bertz CT molecular complexity index is 433. The van der Waals surface area contributed by atoms with Crippen molar-refractivity contribution >= 4 is 21.6 Å². The highest BCUT2D eigenvalue weighted by molar-refractivity contribution is 9.10. The molecule has 1 fully saturated rings. The molecule has 0 aliphatic heterocycles. The van der Waals surface area contributed by atoms with Crippen molar-refractivity contribution in [3.05, 3.63) is 28.2 Å². The Labute approximate surface area is 124 Å². The van der Waals surface area contributed by atoms with E-state index in [9.17, 15) is 5.11 Å². The van der Waals surface area contributed by atoms with Crippen molar-refractivity contribution in [2.75, 3.05) is 11.9 Å². The number of rotatable bonds is 3. The first-order valence-electron chi connectivity index (χ1n) is 7.21. The van der Waals surface area contributed by atoms with Crippen molar-refractivity contribution in [3.8, 4) is 0 Å². The lowest BCUT2D eigenvalue weighted by Gasteiger charge is -2.38. The van der Waals surface area contributed by atoms with Gasteiger partial charge in [-0.2, -0.15) is 0 Å². The molecular weight excluding hydrogens is 302 g/mol. The Hall–Kier alpha value is -0.540. The van der Waals surface area contributed by atoms with Gasteiger partial charge < -0.3 is 10.0 Å². The molecule has 1 N–H and O–H groups in total. The summed E-state index contributed by atoms with van der Waals surface area (Å²) in [5, 5.41) is 9.63. The van der Waals surface area contributed by atoms with Crippen LogP contribution in [0.5, 0.6) is 0 Å². The zero-order valence-corrected chi connectivity index (χ0v) is 13.7. The van der Waals surface area contributed by atoms with Gasteiger partial charge in [-0.3, -0.25) is 0 Å². The Balaban J connectivity index is 2.21. The Morgan fingerprint density at radius 1 is 1.32 bits per heavy atom. The summed E-state index contributed by atoms with van der Waals surface area (Å²) in [6.07, 6.45) is 4.90. The molecule has 2 rings (SSSR count). The summed E-state index contributed by atoms with van der Waals surface area (Å²) in [6.45, 7) is 4.16. The van der Waals surface area contributed by atoms with Crippen LogP contribution in [0.3, 0.4) is 0 Å². The number of halogens is 1. The third kappa shape index (κ3) is 3.32. The van der Waals surface area contributed by atoms with E-state index in [1.54, 1.807) is 6.92 Å². The lowest BCUT2D eigenvalue weighted by Crippen LogP contribution is -2.39. The number of benzene rings is 1. The number of aliphatic hydroxyl groups excluding tert-OH is 1. The van der Waals surface area contributed by atoms with Crippen molar-refractivity contribution in [3.63, 3.8) is 0 Å². The van der Waals surface area contributed by atoms with Gasteiger partial charge in [0.25, 0.3) is 0 Å². The fraction of sp³-hybridized carbons (Fsp3) is 0.625. The fourth-order valence-electron chi connectivity index (χ4n) is 3.12. The van der Waals surface area contributed by atoms with Gasteiger partial charge in [-0.05, 0) is 59.3 Å². The zero-order chi connectivity index (χ0) is 14.0. The van der Waals surface area contributed by atoms with Crippen LogP contribution in [0, 0.1) is 5.92 Å². The average molecular weight is 326 g/mol. The molecule has 1 aromatic rings. The van der Waals surface area contributed by atoms with Gasteiger partial charge in [0.2, 0.25) is 0 Å². The molecule has 3 heteroatoms. The van der Waals surface area contributed by atoms with E-state index in [-0.39, 0.29) is 0 Å². The largest absolute Gasteiger partial charge is 0.389 e. The number of hydrogen-bond donors (Lipinski definition) is 1. The van der Waals surface area contributed by atoms with E-state index in [2.05, 4.69) is 40.9 Å². The van der Waals surface area contributed by atoms with Crippen LogP contribution in [0.2, 0.25) is 0 Å². The second-order valence-corrected chi connectivity index (χ2v) is 6.68. The quantitative estimate of drug-likeness (QED) is 0.883. The second-order valence-electron chi connectivity index (χ2n) is 5.83. The summed E-state index contributed by atoms with van der Waals surface area (Å²) >= 11 is 3.65. The van der Waals surface area contributed by atoms with Gasteiger partial charge in [-0.25, -0.2) is 0 Å². The van der Waals surface area contributed by atoms with Crippen molar-refractivity contribution in [1.29, 1.82) is 0 Å². The number of hydrogen-bond acceptors (Lipinski definition) is 2. The van der Waals surface area contributed by atoms with E-state index in [4.69, 9.17) is 0 Å². The lowest BCUT2D eigenvalue weighted by atomic mass is 9.85. The van der Waals surface area contributed by atoms with E-state index in [1.807, 2.05) is 12.1 Å². The normalized spacial score (nSPS) is 25.1. The third-order valence-electron chi connectivity index (χ3n) is 4.40. The van der Waals surface area contributed by atoms with Crippen LogP contribution in [0.4, 0.5) is 5.69 Å². The standard InChI is InChI=1S/C16H24BrNO/c1-11-6-4-5-7-15(11)18(3)16-9-8-13(12(2)19)10-14(16)17/h8-12,15,19H,4-7H2,1-3H3/t11?,12-,15?/m0/s1. The summed E-state index contributed by atoms with van der Waals surface area (Å²) in [5.41, 5.74) is 2.18. The van der Waals surface area contributed by atoms with Gasteiger partial charge in [0.1, 0.15) is 0 Å². The highest BCUT2D eigenvalue weighted by Gasteiger charge is 2.26. The van der Waals surface area contributed by atoms with Crippen LogP contribution in [0.1, 0.15) is 51.2 Å². The fourth-order valence-corrected chi connectivity index (χ4v) is 3.80. The van der Waals surface area contributed by atoms with Gasteiger partial charge in [0.15, 0.2) is 0 Å². The Morgan fingerprint density at radius 2 is 2.00 bits per heavy atom. The van der Waals surface area contributed by atoms with Crippen molar-refractivity contribution < 1.29 is 5.11 Å². The van der Waals surface area contributed by atoms with E-state index >= 15 is 0 Å². The highest BCUT2D eigenvalue weighted by atomic mass is 79.9. The van der Waals surface area contributed by atoms with Gasteiger partial charge in [-0.1, -0.05) is 25.8 Å². The first-order chi connectivity index (χ1) is 9.00. The first-order valence-corrected chi connectivity index (χ1v) is 8.00. The Morgan fingerprint density at radius 3 is 2.58 bits per heavy atom. The molecule has 0 spiro atoms. The van der Waals surface area contributed by atoms with Crippen LogP contribution >= 0.6 is 15.9 Å². The summed E-state index contributed by atoms with van der Waals surface area (Å²) in [5.74, 6) is 0.752. The first kappa shape index (κ1) is 14.9. The average Bonchev–Trinajstić information content (AvgIpc) is 2.38. The molecule has 0 bridgehead atoms. The predicted molar refractivity (Wildman–Crippen MR) is 84.6 cm³/mol. The number of nitrogens with zero attached hydrogens (tertiary/aromatic N) is 1. The van der Waals surface area contributed by atoms with Crippen molar-refractivity contribution in [2.24, 2.45) is 5.92 Å². The predicted octanol–water partition coefficient (Wildman–Crippen LogP) is 4.52. The molecule has 0 amide bonds. The number of anilines is 1. The molecule has 1 aromatic carbocycles. The molecule has 106 valence electrons. The highest BCUT2D eigenvalue weighted by Crippen LogP contribution is 2.35. The molecule has 0 heterocycles. The summed E-state index contributed by atoms with van der Waals surface area (Å²) in [6, 6.07) is 6.80. The third-order valence-corrected chi connectivity index (χ3v) is 5.03. The van der Waals surface area contributed by atoms with E-state index in [0.717, 1.165) is 16.0 Å². The van der Waals surface area contributed by atoms with Crippen LogP contribution < -0.4 is 4.90 Å². The molecular formula is C16H24BrNO. The van der Waals surface area contributed by atoms with E-state index in [0.29, 0.717) is 6.04 Å². The molecule has 0 saturated heterocycles. The van der Waals surface area contributed by atoms with Crippen molar-refractivity contribution in [2.45, 2.75) is 51.7 Å². The second kappa shape index (κ2) is 6.27. The number of aliphatic hydroxyl groups is 1. The van der Waals surface area contributed by atoms with Gasteiger partial charge >= 0.3 is 0 Å². The molecule has 19 heavy (non-hydrogen) atoms. The van der Waals surface area contributed by atoms with Gasteiger partial charge in [0, 0.05) is 17.6 Å². The summed E-state index contributed by atoms with van der Waals surface area (Å²) in [7, 11) is 2.19. The molecule has 0 radical (unpaired) electrons. The van der Waals surface area contributed by atoms with Crippen LogP contribution in [0.15, 0.2) is 22.7 Å². The van der Waals surface area contributed by atoms with Crippen LogP contribution in [-0.4, -0.2) is 18.2 Å². The minimum absolute atomic E-state index is 0.413. The van der Waals surface area contributed by atoms with E-state index < -0.39 is 6.10 Å². The molecule has 3 atom stereocenters. The van der Waals surface area contributed by atoms with Crippen molar-refractivity contribution in [1.82, 2.24) is 0 Å². The molecule has 2 unspecified atom stereocenters. The molecule has 1 aliphatic rings. The summed E-state index contributed by atoms with van der Waals surface area (Å²) < 4.78 is 1.08. The zero-order valence-electron chi connectivity index (χ0n) is 12.1. The maximum absolute atomic E-state index is 9.63. The summed E-state index contributed by atoms with van der Waals surface area (Å²) in [4.78, 5) is 2.40. The smallest absolute Gasteiger partial charge is 0.0762 e. The minimum Gasteiger partial charge on any atom is -0.389 e. The Kier molecular flexibility index (Phi) is 4.91. The minimum atomic E-state index is -0.413.